The molecule has 0 bridgehead atoms. The first kappa shape index (κ1) is 9.24. The minimum Gasteiger partial charge on any atom is -0.462 e. The summed E-state index contributed by atoms with van der Waals surface area (Å²) in [6.07, 6.45) is 3.18. The second kappa shape index (κ2) is 4.24. The van der Waals surface area contributed by atoms with Crippen molar-refractivity contribution in [3.05, 3.63) is 18.2 Å². The Balaban J connectivity index is 2.35. The van der Waals surface area contributed by atoms with Gasteiger partial charge in [0.1, 0.15) is 5.82 Å². The van der Waals surface area contributed by atoms with E-state index in [1.54, 1.807) is 12.4 Å². The molecule has 0 aromatic carbocycles. The van der Waals surface area contributed by atoms with Crippen LogP contribution in [-0.2, 0) is 20.9 Å². The number of imidazole rings is 1. The number of carbonyl (C=O) groups is 2. The van der Waals surface area contributed by atoms with Gasteiger partial charge in [-0.2, -0.15) is 0 Å². The van der Waals surface area contributed by atoms with Crippen molar-refractivity contribution in [1.29, 1.82) is 0 Å². The predicted molar refractivity (Wildman–Crippen MR) is 42.5 cm³/mol. The molecule has 0 aliphatic rings. The molecule has 1 heterocycles. The highest BCUT2D eigenvalue weighted by molar-refractivity contribution is 6.32. The number of amides is 1. The summed E-state index contributed by atoms with van der Waals surface area (Å²) in [5.74, 6) is -1.11. The molecule has 70 valence electrons. The van der Waals surface area contributed by atoms with Gasteiger partial charge in [0.2, 0.25) is 0 Å². The predicted octanol–water partition coefficient (Wildman–Crippen LogP) is -0.801. The third kappa shape index (κ3) is 2.58. The molecular formula is C7H9N3O3. The van der Waals surface area contributed by atoms with E-state index >= 15 is 0 Å². The van der Waals surface area contributed by atoms with E-state index in [4.69, 9.17) is 0 Å². The molecule has 0 atom stereocenters. The van der Waals surface area contributed by atoms with Gasteiger partial charge in [-0.05, 0) is 0 Å². The summed E-state index contributed by atoms with van der Waals surface area (Å²) >= 11 is 0. The SMILES string of the molecule is COC(=O)C(=O)NCc1ncc[nH]1. The van der Waals surface area contributed by atoms with Gasteiger partial charge in [0.05, 0.1) is 13.7 Å². The van der Waals surface area contributed by atoms with Crippen LogP contribution in [0.25, 0.3) is 0 Å². The highest BCUT2D eigenvalue weighted by Crippen LogP contribution is 1.86. The molecule has 0 aliphatic carbocycles. The van der Waals surface area contributed by atoms with Gasteiger partial charge in [-0.25, -0.2) is 9.78 Å². The number of ether oxygens (including phenoxy) is 1. The average Bonchev–Trinajstić information content (AvgIpc) is 2.65. The Morgan fingerprint density at radius 3 is 3.00 bits per heavy atom. The number of hydrogen-bond donors (Lipinski definition) is 2. The van der Waals surface area contributed by atoms with Gasteiger partial charge in [0.25, 0.3) is 0 Å². The number of aromatic nitrogens is 2. The molecule has 1 aromatic rings. The molecule has 0 unspecified atom stereocenters. The zero-order chi connectivity index (χ0) is 9.68. The molecular weight excluding hydrogens is 174 g/mol. The maximum atomic E-state index is 10.8. The quantitative estimate of drug-likeness (QED) is 0.464. The summed E-state index contributed by atoms with van der Waals surface area (Å²) in [5.41, 5.74) is 0. The maximum Gasteiger partial charge on any atom is 0.396 e. The first-order chi connectivity index (χ1) is 6.24. The lowest BCUT2D eigenvalue weighted by Crippen LogP contribution is -2.31. The third-order valence-corrected chi connectivity index (χ3v) is 1.34. The van der Waals surface area contributed by atoms with Crippen LogP contribution in [0.5, 0.6) is 0 Å². The van der Waals surface area contributed by atoms with Gasteiger partial charge < -0.3 is 15.0 Å². The van der Waals surface area contributed by atoms with E-state index in [1.807, 2.05) is 0 Å². The van der Waals surface area contributed by atoms with Crippen LogP contribution in [0.2, 0.25) is 0 Å². The first-order valence-electron chi connectivity index (χ1n) is 3.58. The van der Waals surface area contributed by atoms with Gasteiger partial charge >= 0.3 is 11.9 Å². The van der Waals surface area contributed by atoms with Crippen molar-refractivity contribution in [3.63, 3.8) is 0 Å². The molecule has 6 heteroatoms. The number of nitrogens with zero attached hydrogens (tertiary/aromatic N) is 1. The topological polar surface area (TPSA) is 84.1 Å². The fourth-order valence-electron chi connectivity index (χ4n) is 0.724. The van der Waals surface area contributed by atoms with Gasteiger partial charge in [-0.15, -0.1) is 0 Å². The molecule has 1 aromatic heterocycles. The molecule has 1 amide bonds. The Morgan fingerprint density at radius 1 is 1.69 bits per heavy atom. The van der Waals surface area contributed by atoms with Crippen molar-refractivity contribution in [3.8, 4) is 0 Å². The summed E-state index contributed by atoms with van der Waals surface area (Å²) < 4.78 is 4.20. The Labute approximate surface area is 74.3 Å². The number of rotatable bonds is 2. The van der Waals surface area contributed by atoms with Crippen LogP contribution in [0.1, 0.15) is 5.82 Å². The molecule has 6 nitrogen and oxygen atoms in total. The maximum absolute atomic E-state index is 10.8. The number of H-pyrrole nitrogens is 1. The summed E-state index contributed by atoms with van der Waals surface area (Å²) in [6.45, 7) is 0.181. The molecule has 0 aliphatic heterocycles. The van der Waals surface area contributed by atoms with Crippen LogP contribution in [0.4, 0.5) is 0 Å². The van der Waals surface area contributed by atoms with E-state index in [0.29, 0.717) is 5.82 Å². The molecule has 2 N–H and O–H groups in total. The van der Waals surface area contributed by atoms with Crippen molar-refractivity contribution in [2.75, 3.05) is 7.11 Å². The van der Waals surface area contributed by atoms with Crippen molar-refractivity contribution in [1.82, 2.24) is 15.3 Å². The Kier molecular flexibility index (Phi) is 3.02. The number of esters is 1. The molecule has 0 saturated carbocycles. The molecule has 0 saturated heterocycles. The third-order valence-electron chi connectivity index (χ3n) is 1.34. The lowest BCUT2D eigenvalue weighted by atomic mass is 10.5. The Hall–Kier alpha value is -1.85. The number of aromatic amines is 1. The van der Waals surface area contributed by atoms with E-state index < -0.39 is 11.9 Å². The largest absolute Gasteiger partial charge is 0.462 e. The molecule has 0 spiro atoms. The average molecular weight is 183 g/mol. The number of carbonyl (C=O) groups excluding carboxylic acids is 2. The van der Waals surface area contributed by atoms with Gasteiger partial charge in [-0.1, -0.05) is 0 Å². The number of methoxy groups -OCH3 is 1. The normalized spacial score (nSPS) is 9.31. The fourth-order valence-corrected chi connectivity index (χ4v) is 0.724. The van der Waals surface area contributed by atoms with Gasteiger partial charge in [-0.3, -0.25) is 4.79 Å². The summed E-state index contributed by atoms with van der Waals surface area (Å²) in [5, 5.41) is 2.33. The second-order valence-corrected chi connectivity index (χ2v) is 2.21. The zero-order valence-electron chi connectivity index (χ0n) is 7.03. The van der Waals surface area contributed by atoms with Crippen molar-refractivity contribution >= 4 is 11.9 Å². The van der Waals surface area contributed by atoms with Crippen LogP contribution in [0.15, 0.2) is 12.4 Å². The number of hydrogen-bond acceptors (Lipinski definition) is 4. The van der Waals surface area contributed by atoms with E-state index in [1.165, 1.54) is 0 Å². The molecule has 13 heavy (non-hydrogen) atoms. The number of nitrogens with one attached hydrogen (secondary N) is 2. The van der Waals surface area contributed by atoms with Gasteiger partial charge in [0, 0.05) is 12.4 Å². The highest BCUT2D eigenvalue weighted by atomic mass is 16.5. The lowest BCUT2D eigenvalue weighted by Gasteiger charge is -1.99. The van der Waals surface area contributed by atoms with Crippen LogP contribution < -0.4 is 5.32 Å². The molecule has 0 fully saturated rings. The highest BCUT2D eigenvalue weighted by Gasteiger charge is 2.12. The van der Waals surface area contributed by atoms with Crippen LogP contribution in [-0.4, -0.2) is 29.0 Å². The van der Waals surface area contributed by atoms with E-state index in [9.17, 15) is 9.59 Å². The fraction of sp³-hybridized carbons (Fsp3) is 0.286. The van der Waals surface area contributed by atoms with E-state index in [2.05, 4.69) is 20.0 Å². The second-order valence-electron chi connectivity index (χ2n) is 2.21. The Morgan fingerprint density at radius 2 is 2.46 bits per heavy atom. The summed E-state index contributed by atoms with van der Waals surface area (Å²) in [7, 11) is 1.15. The zero-order valence-corrected chi connectivity index (χ0v) is 7.03. The first-order valence-corrected chi connectivity index (χ1v) is 3.58. The summed E-state index contributed by atoms with van der Waals surface area (Å²) in [4.78, 5) is 28.1. The lowest BCUT2D eigenvalue weighted by molar-refractivity contribution is -0.152. The summed E-state index contributed by atoms with van der Waals surface area (Å²) in [6, 6.07) is 0. The van der Waals surface area contributed by atoms with Crippen LogP contribution in [0, 0.1) is 0 Å². The van der Waals surface area contributed by atoms with Crippen LogP contribution in [0.3, 0.4) is 0 Å². The van der Waals surface area contributed by atoms with Crippen LogP contribution >= 0.6 is 0 Å². The standard InChI is InChI=1S/C7H9N3O3/c1-13-7(12)6(11)10-4-5-8-2-3-9-5/h2-3H,4H2,1H3,(H,8,9)(H,10,11). The van der Waals surface area contributed by atoms with Crippen molar-refractivity contribution in [2.45, 2.75) is 6.54 Å². The molecule has 1 rings (SSSR count). The van der Waals surface area contributed by atoms with E-state index in [0.717, 1.165) is 7.11 Å². The van der Waals surface area contributed by atoms with Crippen molar-refractivity contribution < 1.29 is 14.3 Å². The monoisotopic (exact) mass is 183 g/mol. The minimum absolute atomic E-state index is 0.181. The molecule has 0 radical (unpaired) electrons. The van der Waals surface area contributed by atoms with Gasteiger partial charge in [0.15, 0.2) is 0 Å². The van der Waals surface area contributed by atoms with E-state index in [-0.39, 0.29) is 6.54 Å². The van der Waals surface area contributed by atoms with Crippen molar-refractivity contribution in [2.24, 2.45) is 0 Å². The Bertz CT molecular complexity index is 294. The smallest absolute Gasteiger partial charge is 0.396 e. The minimum atomic E-state index is -0.911.